The van der Waals surface area contributed by atoms with Gasteiger partial charge in [-0.05, 0) is 18.1 Å². The molecule has 1 amide bonds. The number of halogens is 2. The van der Waals surface area contributed by atoms with Gasteiger partial charge in [-0.1, -0.05) is 13.8 Å². The van der Waals surface area contributed by atoms with E-state index in [1.54, 1.807) is 0 Å². The third kappa shape index (κ3) is 4.65. The van der Waals surface area contributed by atoms with Crippen molar-refractivity contribution < 1.29 is 23.1 Å². The summed E-state index contributed by atoms with van der Waals surface area (Å²) in [6.45, 7) is 3.80. The minimum atomic E-state index is -1.02. The molecule has 0 bridgehead atoms. The number of amides is 1. The molecule has 0 aromatic heterocycles. The van der Waals surface area contributed by atoms with Gasteiger partial charge >= 0.3 is 0 Å². The maximum Gasteiger partial charge on any atom is 0.257 e. The van der Waals surface area contributed by atoms with Gasteiger partial charge in [-0.2, -0.15) is 0 Å². The van der Waals surface area contributed by atoms with Crippen LogP contribution in [-0.4, -0.2) is 25.3 Å². The molecule has 0 aliphatic rings. The Morgan fingerprint density at radius 1 is 1.37 bits per heavy atom. The molecule has 4 nitrogen and oxygen atoms in total. The first kappa shape index (κ1) is 15.1. The van der Waals surface area contributed by atoms with E-state index in [1.807, 2.05) is 13.8 Å². The topological polar surface area (TPSA) is 55.4 Å². The molecular weight excluding hydrogens is 256 g/mol. The van der Waals surface area contributed by atoms with E-state index < -0.39 is 29.9 Å². The van der Waals surface area contributed by atoms with Crippen LogP contribution in [0.2, 0.25) is 0 Å². The lowest BCUT2D eigenvalue weighted by Gasteiger charge is -2.10. The number of rotatable bonds is 6. The molecule has 0 unspecified atom stereocenters. The van der Waals surface area contributed by atoms with Crippen LogP contribution in [0.3, 0.4) is 0 Å². The first-order chi connectivity index (χ1) is 8.93. The average Bonchev–Trinajstić information content (AvgIpc) is 2.34. The molecule has 1 aromatic rings. The third-order valence-corrected chi connectivity index (χ3v) is 2.21. The van der Waals surface area contributed by atoms with E-state index in [1.165, 1.54) is 0 Å². The highest BCUT2D eigenvalue weighted by Gasteiger charge is 2.14. The Kier molecular flexibility index (Phi) is 5.41. The summed E-state index contributed by atoms with van der Waals surface area (Å²) in [6, 6.07) is 1.69. The van der Waals surface area contributed by atoms with Crippen LogP contribution in [0, 0.1) is 17.6 Å². The lowest BCUT2D eigenvalue weighted by Crippen LogP contribution is -2.32. The monoisotopic (exact) mass is 271 g/mol. The van der Waals surface area contributed by atoms with Crippen LogP contribution in [-0.2, 0) is 4.79 Å². The van der Waals surface area contributed by atoms with Gasteiger partial charge in [0.05, 0.1) is 0 Å². The van der Waals surface area contributed by atoms with Crippen LogP contribution in [0.25, 0.3) is 0 Å². The smallest absolute Gasteiger partial charge is 0.257 e. The number of nitrogens with one attached hydrogen (secondary N) is 1. The van der Waals surface area contributed by atoms with E-state index in [-0.39, 0.29) is 11.5 Å². The molecule has 1 aromatic carbocycles. The normalized spacial score (nSPS) is 10.4. The van der Waals surface area contributed by atoms with Crippen molar-refractivity contribution in [3.05, 3.63) is 29.3 Å². The van der Waals surface area contributed by atoms with E-state index in [0.29, 0.717) is 12.8 Å². The third-order valence-electron chi connectivity index (χ3n) is 2.21. The highest BCUT2D eigenvalue weighted by atomic mass is 19.1. The fourth-order valence-corrected chi connectivity index (χ4v) is 1.29. The van der Waals surface area contributed by atoms with Gasteiger partial charge in [-0.15, -0.1) is 0 Å². The van der Waals surface area contributed by atoms with Gasteiger partial charge in [-0.25, -0.2) is 8.78 Å². The lowest BCUT2D eigenvalue weighted by atomic mass is 10.2. The molecule has 0 spiro atoms. The summed E-state index contributed by atoms with van der Waals surface area (Å²) < 4.78 is 31.6. The van der Waals surface area contributed by atoms with Gasteiger partial charge in [0.1, 0.15) is 6.29 Å². The predicted octanol–water partition coefficient (Wildman–Crippen LogP) is 1.93. The van der Waals surface area contributed by atoms with Crippen molar-refractivity contribution in [3.63, 3.8) is 0 Å². The van der Waals surface area contributed by atoms with Crippen LogP contribution in [0.5, 0.6) is 5.75 Å². The number of hydrogen-bond donors (Lipinski definition) is 1. The van der Waals surface area contributed by atoms with E-state index >= 15 is 0 Å². The second-order valence-electron chi connectivity index (χ2n) is 4.42. The maximum atomic E-state index is 13.4. The zero-order valence-corrected chi connectivity index (χ0v) is 10.7. The summed E-state index contributed by atoms with van der Waals surface area (Å²) in [5.41, 5.74) is -0.133. The van der Waals surface area contributed by atoms with Crippen LogP contribution in [0.1, 0.15) is 24.2 Å². The molecule has 104 valence electrons. The Labute approximate surface area is 109 Å². The minimum absolute atomic E-state index is 0.133. The van der Waals surface area contributed by atoms with Gasteiger partial charge in [0, 0.05) is 12.1 Å². The molecule has 0 atom stereocenters. The van der Waals surface area contributed by atoms with Crippen LogP contribution in [0.4, 0.5) is 8.78 Å². The fourth-order valence-electron chi connectivity index (χ4n) is 1.29. The molecule has 0 saturated carbocycles. The number of aldehydes is 1. The Morgan fingerprint density at radius 2 is 1.95 bits per heavy atom. The van der Waals surface area contributed by atoms with Crippen LogP contribution >= 0.6 is 0 Å². The molecule has 6 heteroatoms. The predicted molar refractivity (Wildman–Crippen MR) is 65.1 cm³/mol. The summed E-state index contributed by atoms with van der Waals surface area (Å²) in [5.74, 6) is -2.89. The summed E-state index contributed by atoms with van der Waals surface area (Å²) in [5, 5.41) is 2.55. The van der Waals surface area contributed by atoms with E-state index in [0.717, 1.165) is 12.1 Å². The highest BCUT2D eigenvalue weighted by molar-refractivity contribution is 5.77. The van der Waals surface area contributed by atoms with Crippen molar-refractivity contribution in [3.8, 4) is 5.75 Å². The summed E-state index contributed by atoms with van der Waals surface area (Å²) >= 11 is 0. The number of benzene rings is 1. The fraction of sp³-hybridized carbons (Fsp3) is 0.385. The van der Waals surface area contributed by atoms with Crippen molar-refractivity contribution in [1.82, 2.24) is 5.32 Å². The largest absolute Gasteiger partial charge is 0.478 e. The second-order valence-corrected chi connectivity index (χ2v) is 4.42. The summed E-state index contributed by atoms with van der Waals surface area (Å²) in [4.78, 5) is 21.7. The molecule has 0 saturated heterocycles. The standard InChI is InChI=1S/C13H15F2NO3/c1-8(2)5-16-12(18)7-19-13-10(14)3-9(6-17)4-11(13)15/h3-4,6,8H,5,7H2,1-2H3,(H,16,18). The molecular formula is C13H15F2NO3. The zero-order chi connectivity index (χ0) is 14.4. The van der Waals surface area contributed by atoms with Gasteiger partial charge in [-0.3, -0.25) is 9.59 Å². The van der Waals surface area contributed by atoms with Gasteiger partial charge in [0.15, 0.2) is 24.0 Å². The molecule has 0 aliphatic heterocycles. The van der Waals surface area contributed by atoms with Gasteiger partial charge in [0.25, 0.3) is 5.91 Å². The van der Waals surface area contributed by atoms with Crippen LogP contribution < -0.4 is 10.1 Å². The first-order valence-corrected chi connectivity index (χ1v) is 5.77. The molecule has 0 fully saturated rings. The lowest BCUT2D eigenvalue weighted by molar-refractivity contribution is -0.123. The molecule has 19 heavy (non-hydrogen) atoms. The van der Waals surface area contributed by atoms with Gasteiger partial charge < -0.3 is 10.1 Å². The first-order valence-electron chi connectivity index (χ1n) is 5.77. The van der Waals surface area contributed by atoms with Gasteiger partial charge in [0.2, 0.25) is 0 Å². The van der Waals surface area contributed by atoms with Crippen molar-refractivity contribution in [2.45, 2.75) is 13.8 Å². The minimum Gasteiger partial charge on any atom is -0.478 e. The molecule has 0 radical (unpaired) electrons. The van der Waals surface area contributed by atoms with E-state index in [4.69, 9.17) is 4.74 Å². The quantitative estimate of drug-likeness (QED) is 0.804. The zero-order valence-electron chi connectivity index (χ0n) is 10.7. The van der Waals surface area contributed by atoms with Crippen molar-refractivity contribution in [2.75, 3.05) is 13.2 Å². The molecule has 0 heterocycles. The highest BCUT2D eigenvalue weighted by Crippen LogP contribution is 2.22. The molecule has 0 aliphatic carbocycles. The van der Waals surface area contributed by atoms with Crippen molar-refractivity contribution >= 4 is 12.2 Å². The Hall–Kier alpha value is -1.98. The summed E-state index contributed by atoms with van der Waals surface area (Å²) in [7, 11) is 0. The Morgan fingerprint density at radius 3 is 2.42 bits per heavy atom. The number of ether oxygens (including phenoxy) is 1. The molecule has 1 rings (SSSR count). The SMILES string of the molecule is CC(C)CNC(=O)COc1c(F)cc(C=O)cc1F. The summed E-state index contributed by atoms with van der Waals surface area (Å²) in [6.07, 6.45) is 0.325. The number of carbonyl (C=O) groups is 2. The second kappa shape index (κ2) is 6.82. The van der Waals surface area contributed by atoms with E-state index in [2.05, 4.69) is 5.32 Å². The van der Waals surface area contributed by atoms with Crippen molar-refractivity contribution in [1.29, 1.82) is 0 Å². The van der Waals surface area contributed by atoms with Crippen molar-refractivity contribution in [2.24, 2.45) is 5.92 Å². The van der Waals surface area contributed by atoms with E-state index in [9.17, 15) is 18.4 Å². The average molecular weight is 271 g/mol. The maximum absolute atomic E-state index is 13.4. The molecule has 1 N–H and O–H groups in total. The Bertz CT molecular complexity index is 452. The van der Waals surface area contributed by atoms with Crippen LogP contribution in [0.15, 0.2) is 12.1 Å². The number of carbonyl (C=O) groups excluding carboxylic acids is 2. The number of hydrogen-bond acceptors (Lipinski definition) is 3. The Balaban J connectivity index is 2.63.